The summed E-state index contributed by atoms with van der Waals surface area (Å²) in [5, 5.41) is 0.582. The molecule has 1 aromatic rings. The van der Waals surface area contributed by atoms with Gasteiger partial charge in [0, 0.05) is 30.7 Å². The smallest absolute Gasteiger partial charge is 0.260 e. The molecule has 3 aliphatic heterocycles. The lowest BCUT2D eigenvalue weighted by Gasteiger charge is -2.36. The zero-order chi connectivity index (χ0) is 17.4. The highest BCUT2D eigenvalue weighted by Crippen LogP contribution is 2.35. The van der Waals surface area contributed by atoms with Gasteiger partial charge < -0.3 is 14.5 Å². The predicted octanol–water partition coefficient (Wildman–Crippen LogP) is 2.58. The Morgan fingerprint density at radius 3 is 2.80 bits per heavy atom. The molecule has 134 valence electrons. The Bertz CT molecular complexity index is 676. The SMILES string of the molecule is O=C(COc1cccc(Cl)c1)N1CC2CCC(C1)N(CC1CC1)C2=O. The third-order valence-corrected chi connectivity index (χ3v) is 5.69. The van der Waals surface area contributed by atoms with Crippen molar-refractivity contribution in [3.05, 3.63) is 29.3 Å². The molecule has 2 unspecified atom stereocenters. The van der Waals surface area contributed by atoms with Gasteiger partial charge in [-0.05, 0) is 49.8 Å². The van der Waals surface area contributed by atoms with Gasteiger partial charge >= 0.3 is 0 Å². The second-order valence-electron chi connectivity index (χ2n) is 7.41. The molecule has 6 heteroatoms. The minimum atomic E-state index is -0.0575. The number of ether oxygens (including phenoxy) is 1. The van der Waals surface area contributed by atoms with E-state index in [2.05, 4.69) is 4.90 Å². The van der Waals surface area contributed by atoms with E-state index in [-0.39, 0.29) is 30.4 Å². The molecule has 1 saturated carbocycles. The van der Waals surface area contributed by atoms with Gasteiger partial charge in [-0.3, -0.25) is 9.59 Å². The fraction of sp³-hybridized carbons (Fsp3) is 0.579. The van der Waals surface area contributed by atoms with Crippen LogP contribution in [0.15, 0.2) is 24.3 Å². The summed E-state index contributed by atoms with van der Waals surface area (Å²) >= 11 is 5.94. The molecule has 3 heterocycles. The quantitative estimate of drug-likeness (QED) is 0.809. The first-order valence-corrected chi connectivity index (χ1v) is 9.44. The zero-order valence-corrected chi connectivity index (χ0v) is 15.0. The van der Waals surface area contributed by atoms with Gasteiger partial charge in [-0.2, -0.15) is 0 Å². The highest BCUT2D eigenvalue weighted by Gasteiger charge is 2.43. The minimum absolute atomic E-state index is 0.0173. The highest BCUT2D eigenvalue weighted by atomic mass is 35.5. The van der Waals surface area contributed by atoms with E-state index >= 15 is 0 Å². The van der Waals surface area contributed by atoms with Crippen molar-refractivity contribution >= 4 is 23.4 Å². The minimum Gasteiger partial charge on any atom is -0.484 e. The van der Waals surface area contributed by atoms with Crippen molar-refractivity contribution in [1.82, 2.24) is 9.80 Å². The lowest BCUT2D eigenvalue weighted by Crippen LogP contribution is -2.49. The third-order valence-electron chi connectivity index (χ3n) is 5.46. The van der Waals surface area contributed by atoms with Gasteiger partial charge in [-0.1, -0.05) is 17.7 Å². The van der Waals surface area contributed by atoms with E-state index < -0.39 is 0 Å². The second kappa shape index (κ2) is 6.87. The van der Waals surface area contributed by atoms with Crippen LogP contribution >= 0.6 is 11.6 Å². The number of nitrogens with zero attached hydrogens (tertiary/aromatic N) is 2. The maximum atomic E-state index is 12.7. The predicted molar refractivity (Wildman–Crippen MR) is 94.5 cm³/mol. The number of carbonyl (C=O) groups is 2. The molecule has 4 fully saturated rings. The molecule has 2 amide bonds. The van der Waals surface area contributed by atoms with Crippen molar-refractivity contribution in [2.45, 2.75) is 31.7 Å². The van der Waals surface area contributed by atoms with E-state index in [1.165, 1.54) is 12.8 Å². The lowest BCUT2D eigenvalue weighted by atomic mass is 9.94. The summed E-state index contributed by atoms with van der Waals surface area (Å²) in [6.45, 7) is 2.01. The van der Waals surface area contributed by atoms with Gasteiger partial charge in [0.15, 0.2) is 6.61 Å². The number of fused-ring (bicyclic) bond motifs is 4. The molecule has 3 saturated heterocycles. The normalized spacial score (nSPS) is 25.9. The van der Waals surface area contributed by atoms with Gasteiger partial charge in [0.05, 0.1) is 5.92 Å². The van der Waals surface area contributed by atoms with Gasteiger partial charge in [0.2, 0.25) is 5.91 Å². The van der Waals surface area contributed by atoms with E-state index in [0.717, 1.165) is 19.4 Å². The number of hydrogen-bond donors (Lipinski definition) is 0. The summed E-state index contributed by atoms with van der Waals surface area (Å²) in [4.78, 5) is 29.2. The number of amides is 2. The summed E-state index contributed by atoms with van der Waals surface area (Å²) < 4.78 is 5.59. The number of rotatable bonds is 5. The van der Waals surface area contributed by atoms with Crippen LogP contribution < -0.4 is 4.74 Å². The van der Waals surface area contributed by atoms with Gasteiger partial charge in [-0.15, -0.1) is 0 Å². The second-order valence-corrected chi connectivity index (χ2v) is 7.84. The van der Waals surface area contributed by atoms with Crippen LogP contribution in [0.25, 0.3) is 0 Å². The van der Waals surface area contributed by atoms with Crippen molar-refractivity contribution in [2.75, 3.05) is 26.2 Å². The summed E-state index contributed by atoms with van der Waals surface area (Å²) in [5.74, 6) is 1.41. The molecule has 25 heavy (non-hydrogen) atoms. The number of benzene rings is 1. The Morgan fingerprint density at radius 2 is 2.04 bits per heavy atom. The Morgan fingerprint density at radius 1 is 1.20 bits per heavy atom. The van der Waals surface area contributed by atoms with Crippen molar-refractivity contribution in [3.8, 4) is 5.75 Å². The van der Waals surface area contributed by atoms with Gasteiger partial charge in [0.1, 0.15) is 5.75 Å². The number of halogens is 1. The van der Waals surface area contributed by atoms with Crippen LogP contribution in [0.5, 0.6) is 5.75 Å². The average molecular weight is 363 g/mol. The van der Waals surface area contributed by atoms with Crippen LogP contribution in [-0.2, 0) is 9.59 Å². The molecule has 0 spiro atoms. The molecule has 0 N–H and O–H groups in total. The fourth-order valence-electron chi connectivity index (χ4n) is 3.86. The zero-order valence-electron chi connectivity index (χ0n) is 14.2. The molecule has 5 rings (SSSR count). The molecule has 5 nitrogen and oxygen atoms in total. The Hall–Kier alpha value is -1.75. The number of carbonyl (C=O) groups excluding carboxylic acids is 2. The Labute approximate surface area is 152 Å². The van der Waals surface area contributed by atoms with Crippen molar-refractivity contribution in [1.29, 1.82) is 0 Å². The maximum Gasteiger partial charge on any atom is 0.260 e. The van der Waals surface area contributed by atoms with Crippen LogP contribution in [0.4, 0.5) is 0 Å². The van der Waals surface area contributed by atoms with Crippen molar-refractivity contribution in [3.63, 3.8) is 0 Å². The van der Waals surface area contributed by atoms with E-state index in [4.69, 9.17) is 16.3 Å². The maximum absolute atomic E-state index is 12.7. The summed E-state index contributed by atoms with van der Waals surface area (Å²) in [6, 6.07) is 7.21. The molecule has 2 bridgehead atoms. The topological polar surface area (TPSA) is 49.9 Å². The van der Waals surface area contributed by atoms with E-state index in [1.807, 2.05) is 4.90 Å². The first-order chi connectivity index (χ1) is 12.1. The van der Waals surface area contributed by atoms with Crippen LogP contribution in [-0.4, -0.2) is 53.9 Å². The van der Waals surface area contributed by atoms with E-state index in [1.54, 1.807) is 24.3 Å². The standard InChI is InChI=1S/C19H23ClN2O3/c20-15-2-1-3-17(8-15)25-12-18(23)21-10-14-6-7-16(11-21)22(19(14)24)9-13-4-5-13/h1-3,8,13-14,16H,4-7,9-12H2. The molecule has 0 aromatic heterocycles. The van der Waals surface area contributed by atoms with E-state index in [9.17, 15) is 9.59 Å². The Balaban J connectivity index is 1.39. The third kappa shape index (κ3) is 3.76. The molecule has 2 atom stereocenters. The largest absolute Gasteiger partial charge is 0.484 e. The Kier molecular flexibility index (Phi) is 4.59. The first-order valence-electron chi connectivity index (χ1n) is 9.07. The summed E-state index contributed by atoms with van der Waals surface area (Å²) in [6.07, 6.45) is 4.36. The molecular formula is C19H23ClN2O3. The van der Waals surface area contributed by atoms with Crippen molar-refractivity contribution in [2.24, 2.45) is 11.8 Å². The van der Waals surface area contributed by atoms with Crippen LogP contribution in [0.2, 0.25) is 5.02 Å². The molecule has 1 aliphatic carbocycles. The molecule has 4 aliphatic rings. The average Bonchev–Trinajstić information content (AvgIpc) is 3.43. The van der Waals surface area contributed by atoms with Crippen LogP contribution in [0.1, 0.15) is 25.7 Å². The lowest BCUT2D eigenvalue weighted by molar-refractivity contribution is -0.140. The van der Waals surface area contributed by atoms with Gasteiger partial charge in [0.25, 0.3) is 5.91 Å². The van der Waals surface area contributed by atoms with Gasteiger partial charge in [-0.25, -0.2) is 0 Å². The van der Waals surface area contributed by atoms with Crippen LogP contribution in [0.3, 0.4) is 0 Å². The first kappa shape index (κ1) is 16.7. The molecule has 1 aromatic carbocycles. The number of piperidine rings is 1. The monoisotopic (exact) mass is 362 g/mol. The number of hydrogen-bond acceptors (Lipinski definition) is 3. The van der Waals surface area contributed by atoms with Crippen molar-refractivity contribution < 1.29 is 14.3 Å². The van der Waals surface area contributed by atoms with Crippen LogP contribution in [0, 0.1) is 11.8 Å². The summed E-state index contributed by atoms with van der Waals surface area (Å²) in [5.41, 5.74) is 0. The highest BCUT2D eigenvalue weighted by molar-refractivity contribution is 6.30. The molecule has 0 radical (unpaired) electrons. The summed E-state index contributed by atoms with van der Waals surface area (Å²) in [7, 11) is 0. The van der Waals surface area contributed by atoms with E-state index in [0.29, 0.717) is 29.8 Å². The molecular weight excluding hydrogens is 340 g/mol. The fourth-order valence-corrected chi connectivity index (χ4v) is 4.04.